The number of nitriles is 1. The molecule has 2 aromatic rings. The van der Waals surface area contributed by atoms with Crippen molar-refractivity contribution in [2.24, 2.45) is 0 Å². The highest BCUT2D eigenvalue weighted by molar-refractivity contribution is 7.16. The van der Waals surface area contributed by atoms with Gasteiger partial charge in [0.25, 0.3) is 5.91 Å². The molecule has 0 saturated heterocycles. The van der Waals surface area contributed by atoms with Crippen molar-refractivity contribution in [2.45, 2.75) is 44.4 Å². The Hall–Kier alpha value is -3.13. The van der Waals surface area contributed by atoms with E-state index in [1.807, 2.05) is 6.07 Å². The Bertz CT molecular complexity index is 1020. The van der Waals surface area contributed by atoms with E-state index < -0.39 is 23.7 Å². The highest BCUT2D eigenvalue weighted by Gasteiger charge is 2.64. The molecular weight excluding hydrogens is 433 g/mol. The maximum Gasteiger partial charge on any atom is 0.441 e. The number of alkyl halides is 3. The lowest BCUT2D eigenvalue weighted by Crippen LogP contribution is -2.69. The number of nitrogens with zero attached hydrogens (tertiary/aromatic N) is 2. The van der Waals surface area contributed by atoms with Gasteiger partial charge in [0.1, 0.15) is 11.1 Å². The molecule has 1 unspecified atom stereocenters. The van der Waals surface area contributed by atoms with Crippen molar-refractivity contribution < 1.29 is 27.5 Å². The Morgan fingerprint density at radius 3 is 2.55 bits per heavy atom. The van der Waals surface area contributed by atoms with Crippen molar-refractivity contribution in [1.82, 2.24) is 10.3 Å². The topological polar surface area (TPSA) is 104 Å². The Morgan fingerprint density at radius 1 is 1.26 bits per heavy atom. The fourth-order valence-corrected chi connectivity index (χ4v) is 4.61. The molecule has 1 amide bonds. The molecule has 1 aliphatic rings. The van der Waals surface area contributed by atoms with E-state index in [-0.39, 0.29) is 22.7 Å². The lowest BCUT2D eigenvalue weighted by Gasteiger charge is -2.35. The molecule has 164 valence electrons. The molecular formula is C20H19F3N4O3S. The second kappa shape index (κ2) is 8.93. The van der Waals surface area contributed by atoms with E-state index in [2.05, 4.69) is 10.3 Å². The zero-order valence-electron chi connectivity index (χ0n) is 16.5. The van der Waals surface area contributed by atoms with E-state index in [1.54, 1.807) is 5.32 Å². The number of amides is 1. The second-order valence-corrected chi connectivity index (χ2v) is 7.92. The molecule has 0 spiro atoms. The average molecular weight is 452 g/mol. The van der Waals surface area contributed by atoms with Crippen LogP contribution in [0.5, 0.6) is 0 Å². The summed E-state index contributed by atoms with van der Waals surface area (Å²) < 4.78 is 47.8. The average Bonchev–Trinajstić information content (AvgIpc) is 3.09. The number of ether oxygens (including phenoxy) is 1. The van der Waals surface area contributed by atoms with Crippen molar-refractivity contribution in [3.63, 3.8) is 0 Å². The van der Waals surface area contributed by atoms with Gasteiger partial charge in [-0.15, -0.1) is 11.3 Å². The third-order valence-corrected chi connectivity index (χ3v) is 6.04. The van der Waals surface area contributed by atoms with Gasteiger partial charge in [-0.2, -0.15) is 18.4 Å². The van der Waals surface area contributed by atoms with Crippen LogP contribution in [0.25, 0.3) is 0 Å². The molecule has 11 heteroatoms. The summed E-state index contributed by atoms with van der Waals surface area (Å²) in [7, 11) is 0. The summed E-state index contributed by atoms with van der Waals surface area (Å²) >= 11 is 0.985. The third-order valence-electron chi connectivity index (χ3n) is 4.83. The smallest absolute Gasteiger partial charge is 0.441 e. The standard InChI is InChI=1S/C20H19F3N4O3S/c1-2-30-18(29)19(20(21,22)23,26-16(28)12-7-9-25-10-8-12)27-17-14(11-24)13-5-3-4-6-15(13)31-17/h7-10,27H,2-6H2,1H3,(H,26,28). The monoisotopic (exact) mass is 452 g/mol. The Labute approximate surface area is 180 Å². The molecule has 2 heterocycles. The van der Waals surface area contributed by atoms with Gasteiger partial charge in [0.2, 0.25) is 0 Å². The fourth-order valence-electron chi connectivity index (χ4n) is 3.32. The lowest BCUT2D eigenvalue weighted by atomic mass is 9.96. The molecule has 0 radical (unpaired) electrons. The molecule has 2 N–H and O–H groups in total. The summed E-state index contributed by atoms with van der Waals surface area (Å²) in [4.78, 5) is 29.7. The summed E-state index contributed by atoms with van der Waals surface area (Å²) in [5.74, 6) is -2.87. The normalized spacial score (nSPS) is 15.2. The van der Waals surface area contributed by atoms with Crippen molar-refractivity contribution in [3.8, 4) is 6.07 Å². The first-order valence-corrected chi connectivity index (χ1v) is 10.3. The number of aryl methyl sites for hydroxylation is 1. The molecule has 0 bridgehead atoms. The van der Waals surface area contributed by atoms with Crippen molar-refractivity contribution in [1.29, 1.82) is 5.26 Å². The molecule has 0 saturated carbocycles. The predicted octanol–water partition coefficient (Wildman–Crippen LogP) is 3.56. The van der Waals surface area contributed by atoms with Crippen LogP contribution in [0.15, 0.2) is 24.5 Å². The maximum absolute atomic E-state index is 14.4. The van der Waals surface area contributed by atoms with Crippen molar-refractivity contribution in [2.75, 3.05) is 11.9 Å². The zero-order valence-corrected chi connectivity index (χ0v) is 17.3. The first-order valence-electron chi connectivity index (χ1n) is 9.52. The molecule has 1 aliphatic carbocycles. The van der Waals surface area contributed by atoms with Gasteiger partial charge >= 0.3 is 17.8 Å². The minimum absolute atomic E-state index is 0.0517. The van der Waals surface area contributed by atoms with Gasteiger partial charge in [0, 0.05) is 22.8 Å². The van der Waals surface area contributed by atoms with E-state index in [1.165, 1.54) is 31.5 Å². The van der Waals surface area contributed by atoms with E-state index >= 15 is 0 Å². The maximum atomic E-state index is 14.4. The molecule has 0 fully saturated rings. The van der Waals surface area contributed by atoms with E-state index in [9.17, 15) is 28.0 Å². The summed E-state index contributed by atoms with van der Waals surface area (Å²) in [6.45, 7) is 1.02. The second-order valence-electron chi connectivity index (χ2n) is 6.81. The van der Waals surface area contributed by atoms with Gasteiger partial charge in [0.15, 0.2) is 0 Å². The highest BCUT2D eigenvalue weighted by atomic mass is 32.1. The number of aromatic nitrogens is 1. The number of carbonyl (C=O) groups is 2. The Morgan fingerprint density at radius 2 is 1.94 bits per heavy atom. The first-order chi connectivity index (χ1) is 14.7. The molecule has 2 aromatic heterocycles. The van der Waals surface area contributed by atoms with Crippen molar-refractivity contribution >= 4 is 28.2 Å². The predicted molar refractivity (Wildman–Crippen MR) is 106 cm³/mol. The van der Waals surface area contributed by atoms with Crippen LogP contribution < -0.4 is 10.6 Å². The molecule has 3 rings (SSSR count). The highest BCUT2D eigenvalue weighted by Crippen LogP contribution is 2.41. The van der Waals surface area contributed by atoms with Crippen LogP contribution >= 0.6 is 11.3 Å². The number of halogens is 3. The quantitative estimate of drug-likeness (QED) is 0.513. The Kier molecular flexibility index (Phi) is 6.50. The van der Waals surface area contributed by atoms with Crippen LogP contribution in [0, 0.1) is 11.3 Å². The van der Waals surface area contributed by atoms with Crippen LogP contribution in [0.3, 0.4) is 0 Å². The number of fused-ring (bicyclic) bond motifs is 1. The van der Waals surface area contributed by atoms with Crippen LogP contribution in [0.2, 0.25) is 0 Å². The number of hydrogen-bond acceptors (Lipinski definition) is 7. The number of nitrogens with one attached hydrogen (secondary N) is 2. The summed E-state index contributed by atoms with van der Waals surface area (Å²) in [6, 6.07) is 4.37. The first kappa shape index (κ1) is 22.6. The van der Waals surface area contributed by atoms with E-state index in [0.29, 0.717) is 18.4 Å². The van der Waals surface area contributed by atoms with Crippen LogP contribution in [0.4, 0.5) is 18.2 Å². The summed E-state index contributed by atoms with van der Waals surface area (Å²) in [6.07, 6.45) is 0.0828. The summed E-state index contributed by atoms with van der Waals surface area (Å²) in [5.41, 5.74) is -2.97. The van der Waals surface area contributed by atoms with E-state index in [4.69, 9.17) is 4.74 Å². The minimum atomic E-state index is -5.28. The SMILES string of the molecule is CCOC(=O)C(NC(=O)c1ccncc1)(Nc1sc2c(c1C#N)CCCC2)C(F)(F)F. The minimum Gasteiger partial charge on any atom is -0.463 e. The van der Waals surface area contributed by atoms with Crippen molar-refractivity contribution in [3.05, 3.63) is 46.1 Å². The van der Waals surface area contributed by atoms with Gasteiger partial charge in [-0.1, -0.05) is 0 Å². The van der Waals surface area contributed by atoms with Crippen LogP contribution in [0.1, 0.15) is 46.1 Å². The van der Waals surface area contributed by atoms with Gasteiger partial charge in [-0.3, -0.25) is 9.78 Å². The molecule has 7 nitrogen and oxygen atoms in total. The largest absolute Gasteiger partial charge is 0.463 e. The molecule has 31 heavy (non-hydrogen) atoms. The third kappa shape index (κ3) is 4.34. The number of anilines is 1. The zero-order chi connectivity index (χ0) is 22.6. The molecule has 0 aliphatic heterocycles. The van der Waals surface area contributed by atoms with E-state index in [0.717, 1.165) is 29.1 Å². The number of carbonyl (C=O) groups excluding carboxylic acids is 2. The number of rotatable bonds is 6. The number of pyridine rings is 1. The Balaban J connectivity index is 2.09. The number of esters is 1. The van der Waals surface area contributed by atoms with Gasteiger partial charge < -0.3 is 15.4 Å². The van der Waals surface area contributed by atoms with Gasteiger partial charge in [-0.05, 0) is 50.3 Å². The van der Waals surface area contributed by atoms with Crippen LogP contribution in [-0.2, 0) is 22.4 Å². The fraction of sp³-hybridized carbons (Fsp3) is 0.400. The van der Waals surface area contributed by atoms with Gasteiger partial charge in [0.05, 0.1) is 12.2 Å². The lowest BCUT2D eigenvalue weighted by molar-refractivity contribution is -0.204. The molecule has 1 atom stereocenters. The number of thiophene rings is 1. The summed E-state index contributed by atoms with van der Waals surface area (Å²) in [5, 5.41) is 13.4. The van der Waals surface area contributed by atoms with Crippen LogP contribution in [-0.4, -0.2) is 35.3 Å². The molecule has 0 aromatic carbocycles. The number of hydrogen-bond donors (Lipinski definition) is 2. The van der Waals surface area contributed by atoms with Gasteiger partial charge in [-0.25, -0.2) is 4.79 Å².